The number of ketones is 1. The number of rotatable bonds is 22. The number of isothiocyanates is 1. The van der Waals surface area contributed by atoms with Crippen LogP contribution in [0.5, 0.6) is 28.7 Å². The largest absolute Gasteiger partial charge is 1.00 e. The topological polar surface area (TPSA) is 554 Å². The number of carbonyl (C=O) groups excluding carboxylic acids is 8. The van der Waals surface area contributed by atoms with Gasteiger partial charge in [-0.25, -0.2) is 49.1 Å². The number of nitrogens with zero attached hydrogens (tertiary/aromatic N) is 9. The minimum absolute atomic E-state index is 0. The Bertz CT molecular complexity index is 5140. The number of nitrogens with two attached hydrogens (primary N) is 3. The molecule has 9 heterocycles. The molecule has 1 fully saturated rings. The number of aliphatic hydroxyl groups excluding tert-OH is 2. The van der Waals surface area contributed by atoms with Gasteiger partial charge in [0, 0.05) is 86.3 Å². The number of aliphatic imine (C=N–C) groups is 1. The average Bonchev–Trinajstić information content (AvgIpc) is 1.76. The number of ether oxygens (including phenoxy) is 9. The normalized spacial score (nSPS) is 10.4. The molecule has 11 rings (SSSR count). The summed E-state index contributed by atoms with van der Waals surface area (Å²) < 4.78 is 47.1. The molecule has 10 aromatic rings. The van der Waals surface area contributed by atoms with E-state index in [0.717, 1.165) is 24.6 Å². The fourth-order valence-corrected chi connectivity index (χ4v) is 10.0. The van der Waals surface area contributed by atoms with E-state index in [1.165, 1.54) is 42.6 Å². The van der Waals surface area contributed by atoms with Crippen LogP contribution in [0.4, 0.5) is 34.2 Å². The van der Waals surface area contributed by atoms with Crippen LogP contribution in [0.1, 0.15) is 142 Å². The van der Waals surface area contributed by atoms with E-state index in [9.17, 15) is 33.6 Å². The molecule has 38 nitrogen and oxygen atoms in total. The standard InChI is InChI=1S/C19H20N4O3S.C19H21N3O4S.C12H17N3O3S.C11H16N2O3.C8H5NOS.C7H6BrNO.C5H6N2O.C4H8O.2C2H6O.CH2O3.2K.H/c1-19(2,3)26-16(24)11-25-15-8-6-10-21-17(15)23-18-22-14(12-27-18)13-7-4-5-9-20-13;1-19(2,3)26-15(23)12-25-14-10-7-11-20-16(14)21-18(27)22-17(24)13-8-5-4-6-9-13;1-12(2,3)18-9(16)7-17-8-5-4-6-14-10(8)15-11(13)19;1-11(2,3)16-9(14)7-15-8-5-4-6-13-10(8)12;10-8(9-6-11)7-4-2-1-3-5-7;8-5-7(10)6-3-1-2-4-9-6;6-5-4(8)2-1-3-7-5;1-2-4-5-3-1;2*1-2-3;2-1-4-3;;;/h4-10,12H,11H2,1-3H3,(H,21,22,23);4-11H,12H2,1-3H3,(H2,20,21,22,24,27);4-6H,7H2,1-3H3,(H3,13,14,15,19);4-6H,7H2,1-3H3,(H2,12,13);1-5H;1-4H,5H2;1-3,8H,(H2,6,7);1-4H2;2*3H,2H2,1H3;1,3H;;;/q;;;;;;;;;;;2*+1;-1/p-1. The second-order valence-electron chi connectivity index (χ2n) is 29.3. The predicted molar refractivity (Wildman–Crippen MR) is 518 cm³/mol. The number of carbonyl (C=O) groups is 8. The van der Waals surface area contributed by atoms with Gasteiger partial charge in [0.2, 0.25) is 0 Å². The van der Waals surface area contributed by atoms with Gasteiger partial charge >= 0.3 is 127 Å². The van der Waals surface area contributed by atoms with Crippen LogP contribution < -0.4 is 165 Å². The summed E-state index contributed by atoms with van der Waals surface area (Å²) in [4.78, 5) is 128. The predicted octanol–water partition coefficient (Wildman–Crippen LogP) is 7.14. The van der Waals surface area contributed by atoms with Gasteiger partial charge in [0.1, 0.15) is 33.8 Å². The van der Waals surface area contributed by atoms with Crippen LogP contribution in [0.25, 0.3) is 11.4 Å². The van der Waals surface area contributed by atoms with Gasteiger partial charge in [0.05, 0.1) is 16.2 Å². The Balaban J connectivity index is -0.00000152. The molecule has 0 atom stereocenters. The molecule has 1 aliphatic heterocycles. The Hall–Kier alpha value is -10.3. The Morgan fingerprint density at radius 2 is 0.911 bits per heavy atom. The number of aliphatic hydroxyl groups is 2. The second-order valence-corrected chi connectivity index (χ2v) is 31.7. The maximum atomic E-state index is 12.1. The molecular formula is C90H113BrK2N16O22S4. The van der Waals surface area contributed by atoms with Crippen molar-refractivity contribution in [2.24, 2.45) is 10.7 Å². The molecule has 0 spiro atoms. The number of nitrogens with one attached hydrogen (secondary N) is 4. The van der Waals surface area contributed by atoms with Crippen molar-refractivity contribution in [1.82, 2.24) is 45.2 Å². The summed E-state index contributed by atoms with van der Waals surface area (Å²) >= 11 is 18.7. The molecule has 1 saturated heterocycles. The zero-order valence-corrected chi connectivity index (χ0v) is 88.9. The summed E-state index contributed by atoms with van der Waals surface area (Å²) in [6.45, 7) is 26.3. The number of thiocarbonyl (C=S) groups is 3. The van der Waals surface area contributed by atoms with Gasteiger partial charge < -0.3 is 103 Å². The van der Waals surface area contributed by atoms with Crippen molar-refractivity contribution < 1.29 is 211 Å². The molecule has 13 N–H and O–H groups in total. The summed E-state index contributed by atoms with van der Waals surface area (Å²) in [5.41, 5.74) is 16.9. The van der Waals surface area contributed by atoms with Crippen LogP contribution in [0, 0.1) is 0 Å². The van der Waals surface area contributed by atoms with Gasteiger partial charge in [-0.2, -0.15) is 4.99 Å². The van der Waals surface area contributed by atoms with Gasteiger partial charge in [-0.15, -0.1) is 11.3 Å². The fourth-order valence-electron chi connectivity index (χ4n) is 8.64. The third-order valence-corrected chi connectivity index (χ3v) is 15.2. The molecule has 0 unspecified atom stereocenters. The van der Waals surface area contributed by atoms with E-state index in [-0.39, 0.29) is 201 Å². The third-order valence-electron chi connectivity index (χ3n) is 13.5. The summed E-state index contributed by atoms with van der Waals surface area (Å²) in [6, 6.07) is 44.9. The second kappa shape index (κ2) is 73.0. The number of aromatic hydroxyl groups is 1. The van der Waals surface area contributed by atoms with Crippen LogP contribution in [-0.4, -0.2) is 199 Å². The number of thiazole rings is 1. The Kier molecular flexibility index (Phi) is 68.5. The number of aromatic nitrogens is 8. The summed E-state index contributed by atoms with van der Waals surface area (Å²) in [6.07, 6.45) is 13.7. The van der Waals surface area contributed by atoms with Crippen LogP contribution in [-0.2, 0) is 52.5 Å². The minimum atomic E-state index is -0.597. The molecule has 718 valence electrons. The summed E-state index contributed by atoms with van der Waals surface area (Å²) in [7, 11) is 0. The number of Topliss-reactive ketones (excluding diaryl/α,β-unsaturated/α-hetero) is 1. The Labute approximate surface area is 899 Å². The first-order chi connectivity index (χ1) is 63.0. The average molecular weight is 2060 g/mol. The molecule has 0 radical (unpaired) electrons. The monoisotopic (exact) mass is 2050 g/mol. The van der Waals surface area contributed by atoms with Gasteiger partial charge in [-0.3, -0.25) is 34.5 Å². The van der Waals surface area contributed by atoms with Crippen molar-refractivity contribution in [3.05, 3.63) is 223 Å². The number of anilines is 6. The molecule has 0 aliphatic carbocycles. The number of esters is 4. The number of nitrogen functional groups attached to an aromatic ring is 2. The molecule has 45 heteroatoms. The van der Waals surface area contributed by atoms with E-state index < -0.39 is 46.3 Å². The molecular weight excluding hydrogens is 1940 g/mol. The van der Waals surface area contributed by atoms with Crippen LogP contribution in [0.15, 0.2) is 211 Å². The number of pyridine rings is 7. The number of hydrogen-bond acceptors (Lipinski definition) is 37. The molecule has 0 saturated carbocycles. The first kappa shape index (κ1) is 127. The number of hydrogen-bond donors (Lipinski definition) is 10. The molecule has 2 amide bonds. The SMILES string of the molecule is C1CCOC1.CC(C)(C)OC(=O)COc1cccnc1N.CC(C)(C)OC(=O)COc1cccnc1NC(=S)NC(=O)c1ccccc1.CC(C)(C)OC(=O)COc1cccnc1NC(N)=S.CC(C)(C)OC(=O)COc1cccnc1Nc1nc(-c2ccccn2)cs1.CCO.CCO.Nc1ncccc1O.O=C(CBr)c1ccccn1.O=C(N=C=S)c1ccccc1.O=CO[O-].[H-].[K+].[K+]. The van der Waals surface area contributed by atoms with E-state index in [1.54, 1.807) is 228 Å². The maximum Gasteiger partial charge on any atom is 1.00 e. The first-order valence-electron chi connectivity index (χ1n) is 40.0. The molecule has 8 aromatic heterocycles. The van der Waals surface area contributed by atoms with E-state index in [4.69, 9.17) is 110 Å². The van der Waals surface area contributed by atoms with E-state index >= 15 is 0 Å². The number of halogens is 1. The fraction of sp³-hybridized carbons (Fsp3) is 0.322. The van der Waals surface area contributed by atoms with Crippen molar-refractivity contribution in [3.8, 4) is 40.1 Å². The molecule has 2 aromatic carbocycles. The molecule has 0 bridgehead atoms. The number of amides is 2. The van der Waals surface area contributed by atoms with Gasteiger partial charge in [-0.05, 0) is 256 Å². The van der Waals surface area contributed by atoms with E-state index in [1.807, 2.05) is 61.6 Å². The zero-order chi connectivity index (χ0) is 99.6. The van der Waals surface area contributed by atoms with Crippen LogP contribution >= 0.6 is 63.9 Å². The molecule has 135 heavy (non-hydrogen) atoms. The van der Waals surface area contributed by atoms with Crippen LogP contribution in [0.3, 0.4) is 0 Å². The molecule has 1 aliphatic rings. The minimum Gasteiger partial charge on any atom is -1.00 e. The van der Waals surface area contributed by atoms with E-state index in [0.29, 0.717) is 61.9 Å². The van der Waals surface area contributed by atoms with Gasteiger partial charge in [-0.1, -0.05) is 64.5 Å². The van der Waals surface area contributed by atoms with Crippen molar-refractivity contribution >= 4 is 161 Å². The summed E-state index contributed by atoms with van der Waals surface area (Å²) in [5, 5.41) is 48.5. The van der Waals surface area contributed by atoms with Crippen molar-refractivity contribution in [3.63, 3.8) is 0 Å². The Morgan fingerprint density at radius 3 is 1.27 bits per heavy atom. The Morgan fingerprint density at radius 1 is 0.533 bits per heavy atom. The van der Waals surface area contributed by atoms with Gasteiger partial charge in [0.15, 0.2) is 105 Å². The first-order valence-corrected chi connectivity index (χ1v) is 43.2. The van der Waals surface area contributed by atoms with Crippen molar-refractivity contribution in [2.75, 3.05) is 85.6 Å². The zero-order valence-electron chi connectivity index (χ0n) is 78.9. The van der Waals surface area contributed by atoms with E-state index in [2.05, 4.69) is 99.2 Å². The quantitative estimate of drug-likeness (QED) is 0.00308. The number of alkyl halides is 1. The number of benzene rings is 2. The van der Waals surface area contributed by atoms with Crippen molar-refractivity contribution in [1.29, 1.82) is 0 Å². The smallest absolute Gasteiger partial charge is 1.00 e. The van der Waals surface area contributed by atoms with Gasteiger partial charge in [0.25, 0.3) is 18.3 Å². The maximum absolute atomic E-state index is 12.1. The van der Waals surface area contributed by atoms with Crippen molar-refractivity contribution in [2.45, 2.75) is 132 Å². The summed E-state index contributed by atoms with van der Waals surface area (Å²) in [5.74, 6) is 0.565. The van der Waals surface area contributed by atoms with Crippen LogP contribution in [0.2, 0.25) is 0 Å². The third kappa shape index (κ3) is 64.3.